The summed E-state index contributed by atoms with van der Waals surface area (Å²) in [4.78, 5) is 0. The van der Waals surface area contributed by atoms with Crippen molar-refractivity contribution in [3.8, 4) is 0 Å². The van der Waals surface area contributed by atoms with Crippen LogP contribution in [-0.2, 0) is 0 Å². The van der Waals surface area contributed by atoms with E-state index in [0.29, 0.717) is 5.32 Å². The van der Waals surface area contributed by atoms with Crippen molar-refractivity contribution in [2.45, 2.75) is 6.30 Å². The molecule has 0 radical (unpaired) electrons. The van der Waals surface area contributed by atoms with Crippen molar-refractivity contribution < 1.29 is 26.3 Å². The summed E-state index contributed by atoms with van der Waals surface area (Å²) in [6.45, 7) is 0. The smallest absolute Gasteiger partial charge is 0.294 e. The lowest BCUT2D eigenvalue weighted by molar-refractivity contribution is -0.100. The lowest BCUT2D eigenvalue weighted by Gasteiger charge is -2.10. The van der Waals surface area contributed by atoms with Gasteiger partial charge in [-0.3, -0.25) is 5.32 Å². The van der Waals surface area contributed by atoms with Crippen molar-refractivity contribution >= 4 is 5.69 Å². The molecule has 0 aliphatic carbocycles. The van der Waals surface area contributed by atoms with E-state index in [1.54, 1.807) is 0 Å². The molecule has 0 fully saturated rings. The van der Waals surface area contributed by atoms with E-state index in [2.05, 4.69) is 0 Å². The van der Waals surface area contributed by atoms with E-state index in [-0.39, 0.29) is 12.1 Å². The second-order valence-corrected chi connectivity index (χ2v) is 2.37. The average molecular weight is 215 g/mol. The van der Waals surface area contributed by atoms with Gasteiger partial charge in [0.1, 0.15) is 5.82 Å². The SMILES string of the molecule is Fc1cc(F)c(F)c(NC(F)(F)F)c1. The summed E-state index contributed by atoms with van der Waals surface area (Å²) in [5.74, 6) is -4.75. The predicted octanol–water partition coefficient (Wildman–Crippen LogP) is 3.04. The standard InChI is InChI=1S/C7H3F6N/c8-3-1-4(9)6(10)5(2-3)14-7(11,12)13/h1-2,14H. The molecule has 1 rings (SSSR count). The van der Waals surface area contributed by atoms with Gasteiger partial charge < -0.3 is 0 Å². The zero-order chi connectivity index (χ0) is 10.9. The minimum absolute atomic E-state index is 0.150. The highest BCUT2D eigenvalue weighted by Crippen LogP contribution is 2.24. The third-order valence-corrected chi connectivity index (χ3v) is 1.27. The lowest BCUT2D eigenvalue weighted by atomic mass is 10.3. The molecule has 78 valence electrons. The molecule has 0 heterocycles. The summed E-state index contributed by atoms with van der Waals surface area (Å²) in [7, 11) is 0. The first-order chi connectivity index (χ1) is 6.29. The summed E-state index contributed by atoms with van der Waals surface area (Å²) >= 11 is 0. The van der Waals surface area contributed by atoms with E-state index in [9.17, 15) is 26.3 Å². The maximum absolute atomic E-state index is 12.6. The largest absolute Gasteiger partial charge is 0.482 e. The maximum Gasteiger partial charge on any atom is 0.482 e. The second-order valence-electron chi connectivity index (χ2n) is 2.37. The Kier molecular flexibility index (Phi) is 2.59. The molecule has 14 heavy (non-hydrogen) atoms. The Morgan fingerprint density at radius 3 is 2.07 bits per heavy atom. The molecule has 0 saturated heterocycles. The summed E-state index contributed by atoms with van der Waals surface area (Å²) in [5.41, 5.74) is -1.28. The van der Waals surface area contributed by atoms with Gasteiger partial charge in [-0.25, -0.2) is 13.2 Å². The number of rotatable bonds is 1. The van der Waals surface area contributed by atoms with Crippen molar-refractivity contribution in [2.75, 3.05) is 5.32 Å². The Labute approximate surface area is 74.3 Å². The predicted molar refractivity (Wildman–Crippen MR) is 36.0 cm³/mol. The van der Waals surface area contributed by atoms with E-state index in [1.165, 1.54) is 0 Å². The molecule has 0 aliphatic heterocycles. The zero-order valence-electron chi connectivity index (χ0n) is 6.42. The van der Waals surface area contributed by atoms with E-state index >= 15 is 0 Å². The minimum atomic E-state index is -4.94. The molecular weight excluding hydrogens is 212 g/mol. The molecular formula is C7H3F6N. The number of benzene rings is 1. The van der Waals surface area contributed by atoms with Gasteiger partial charge in [-0.15, -0.1) is 0 Å². The summed E-state index contributed by atoms with van der Waals surface area (Å²) in [6.07, 6.45) is -4.94. The van der Waals surface area contributed by atoms with Crippen LogP contribution in [0.15, 0.2) is 12.1 Å². The van der Waals surface area contributed by atoms with Gasteiger partial charge in [-0.2, -0.15) is 13.2 Å². The van der Waals surface area contributed by atoms with Crippen LogP contribution in [0.3, 0.4) is 0 Å². The molecule has 0 bridgehead atoms. The highest BCUT2D eigenvalue weighted by atomic mass is 19.4. The van der Waals surface area contributed by atoms with Crippen LogP contribution in [0.1, 0.15) is 0 Å². The van der Waals surface area contributed by atoms with Gasteiger partial charge in [0.25, 0.3) is 0 Å². The first-order valence-electron chi connectivity index (χ1n) is 3.29. The highest BCUT2D eigenvalue weighted by molar-refractivity contribution is 5.46. The fraction of sp³-hybridized carbons (Fsp3) is 0.143. The number of alkyl halides is 3. The van der Waals surface area contributed by atoms with Gasteiger partial charge in [-0.05, 0) is 0 Å². The third-order valence-electron chi connectivity index (χ3n) is 1.27. The molecule has 1 nitrogen and oxygen atoms in total. The number of halogens is 6. The van der Waals surface area contributed by atoms with Crippen LogP contribution in [0.2, 0.25) is 0 Å². The van der Waals surface area contributed by atoms with Gasteiger partial charge in [0, 0.05) is 12.1 Å². The Bertz CT molecular complexity index is 345. The zero-order valence-corrected chi connectivity index (χ0v) is 6.42. The molecule has 0 unspecified atom stereocenters. The van der Waals surface area contributed by atoms with Gasteiger partial charge in [0.05, 0.1) is 5.69 Å². The fourth-order valence-electron chi connectivity index (χ4n) is 0.800. The topological polar surface area (TPSA) is 12.0 Å². The Hall–Kier alpha value is -1.40. The van der Waals surface area contributed by atoms with Crippen LogP contribution in [-0.4, -0.2) is 6.30 Å². The number of hydrogen-bond acceptors (Lipinski definition) is 1. The van der Waals surface area contributed by atoms with E-state index in [0.717, 1.165) is 0 Å². The van der Waals surface area contributed by atoms with E-state index in [4.69, 9.17) is 0 Å². The lowest BCUT2D eigenvalue weighted by Crippen LogP contribution is -2.21. The molecule has 1 N–H and O–H groups in total. The Morgan fingerprint density at radius 1 is 1.00 bits per heavy atom. The molecule has 0 saturated carbocycles. The van der Waals surface area contributed by atoms with Crippen LogP contribution in [0.4, 0.5) is 32.0 Å². The molecule has 0 aromatic heterocycles. The van der Waals surface area contributed by atoms with Crippen LogP contribution >= 0.6 is 0 Å². The van der Waals surface area contributed by atoms with Crippen LogP contribution in [0, 0.1) is 17.5 Å². The highest BCUT2D eigenvalue weighted by Gasteiger charge is 2.29. The molecule has 1 aromatic rings. The van der Waals surface area contributed by atoms with Crippen molar-refractivity contribution in [1.82, 2.24) is 0 Å². The van der Waals surface area contributed by atoms with Crippen molar-refractivity contribution in [3.63, 3.8) is 0 Å². The van der Waals surface area contributed by atoms with Crippen molar-refractivity contribution in [1.29, 1.82) is 0 Å². The van der Waals surface area contributed by atoms with Crippen molar-refractivity contribution in [3.05, 3.63) is 29.6 Å². The van der Waals surface area contributed by atoms with Gasteiger partial charge >= 0.3 is 6.30 Å². The molecule has 0 atom stereocenters. The average Bonchev–Trinajstić information content (AvgIpc) is 1.96. The fourth-order valence-corrected chi connectivity index (χ4v) is 0.800. The molecule has 0 spiro atoms. The van der Waals surface area contributed by atoms with Crippen LogP contribution in [0.25, 0.3) is 0 Å². The molecule has 7 heteroatoms. The van der Waals surface area contributed by atoms with E-state index < -0.39 is 29.4 Å². The summed E-state index contributed by atoms with van der Waals surface area (Å²) in [5, 5.41) is 0.676. The first kappa shape index (κ1) is 10.7. The van der Waals surface area contributed by atoms with Crippen molar-refractivity contribution in [2.24, 2.45) is 0 Å². The van der Waals surface area contributed by atoms with Crippen LogP contribution < -0.4 is 5.32 Å². The Balaban J connectivity index is 3.09. The molecule has 1 aromatic carbocycles. The molecule has 0 amide bonds. The minimum Gasteiger partial charge on any atom is -0.294 e. The van der Waals surface area contributed by atoms with Crippen LogP contribution in [0.5, 0.6) is 0 Å². The third kappa shape index (κ3) is 2.54. The Morgan fingerprint density at radius 2 is 1.57 bits per heavy atom. The summed E-state index contributed by atoms with van der Waals surface area (Å²) in [6, 6.07) is 0.364. The molecule has 0 aliphatic rings. The van der Waals surface area contributed by atoms with Gasteiger partial charge in [0.15, 0.2) is 11.6 Å². The quantitative estimate of drug-likeness (QED) is 0.431. The first-order valence-corrected chi connectivity index (χ1v) is 3.29. The van der Waals surface area contributed by atoms with Gasteiger partial charge in [-0.1, -0.05) is 0 Å². The van der Waals surface area contributed by atoms with Gasteiger partial charge in [0.2, 0.25) is 0 Å². The van der Waals surface area contributed by atoms with E-state index in [1.807, 2.05) is 0 Å². The normalized spacial score (nSPS) is 11.6. The summed E-state index contributed by atoms with van der Waals surface area (Å²) < 4.78 is 72.4. The monoisotopic (exact) mass is 215 g/mol. The number of hydrogen-bond donors (Lipinski definition) is 1. The number of anilines is 1. The number of nitrogens with one attached hydrogen (secondary N) is 1. The maximum atomic E-state index is 12.6. The second kappa shape index (κ2) is 3.39.